The molecule has 0 amide bonds. The van der Waals surface area contributed by atoms with Gasteiger partial charge in [0, 0.05) is 0 Å². The van der Waals surface area contributed by atoms with Gasteiger partial charge in [-0.2, -0.15) is 0 Å². The van der Waals surface area contributed by atoms with Crippen LogP contribution in [0.15, 0.2) is 0 Å². The Bertz CT molecular complexity index is 32.5. The van der Waals surface area contributed by atoms with Crippen molar-refractivity contribution < 1.29 is 47.9 Å². The van der Waals surface area contributed by atoms with Gasteiger partial charge in [0.2, 0.25) is 0 Å². The van der Waals surface area contributed by atoms with E-state index >= 15 is 0 Å². The Labute approximate surface area is 83.8 Å². The van der Waals surface area contributed by atoms with Crippen molar-refractivity contribution in [3.05, 3.63) is 0 Å². The number of hydrogen-bond donors (Lipinski definition) is 2. The van der Waals surface area contributed by atoms with Crippen molar-refractivity contribution in [2.75, 3.05) is 0 Å². The van der Waals surface area contributed by atoms with Crippen molar-refractivity contribution in [2.45, 2.75) is 0 Å². The van der Waals surface area contributed by atoms with E-state index < -0.39 is 6.16 Å². The van der Waals surface area contributed by atoms with E-state index in [0.29, 0.717) is 0 Å². The molecule has 74 valence electrons. The Kier molecular flexibility index (Phi) is 979. The van der Waals surface area contributed by atoms with Crippen LogP contribution in [-0.4, -0.2) is 78.8 Å². The van der Waals surface area contributed by atoms with E-state index in [-0.39, 0.29) is 62.4 Å². The molecule has 0 aromatic heterocycles. The Morgan fingerprint density at radius 2 is 0.727 bits per heavy atom. The molecule has 0 aromatic rings. The van der Waals surface area contributed by atoms with Gasteiger partial charge in [-0.1, -0.05) is 0 Å². The van der Waals surface area contributed by atoms with Crippen LogP contribution < -0.4 is 0 Å². The monoisotopic (exact) mass is 194 g/mol. The standard InChI is InChI=1S/CH2O3.Na.6H2O.H/c2-1(3)4;;;;;;;;/h(H2,2,3,4);;6*1H2;. The maximum atomic E-state index is 8.56. The summed E-state index contributed by atoms with van der Waals surface area (Å²) in [5, 5.41) is 13.9. The van der Waals surface area contributed by atoms with E-state index in [4.69, 9.17) is 15.0 Å². The first kappa shape index (κ1) is 121. The van der Waals surface area contributed by atoms with Gasteiger partial charge in [-0.3, -0.25) is 0 Å². The zero-order valence-corrected chi connectivity index (χ0v) is 4.80. The first-order chi connectivity index (χ1) is 1.73. The molecule has 0 aromatic carbocycles. The summed E-state index contributed by atoms with van der Waals surface area (Å²) in [5.41, 5.74) is 0. The minimum atomic E-state index is -1.83. The summed E-state index contributed by atoms with van der Waals surface area (Å²) in [7, 11) is 0. The zero-order valence-electron chi connectivity index (χ0n) is 4.80. The van der Waals surface area contributed by atoms with Crippen molar-refractivity contribution in [3.63, 3.8) is 0 Å². The fraction of sp³-hybridized carbons (Fsp3) is 0. The summed E-state index contributed by atoms with van der Waals surface area (Å²) in [4.78, 5) is 8.56. The van der Waals surface area contributed by atoms with E-state index in [9.17, 15) is 0 Å². The molecule has 0 atom stereocenters. The molecule has 0 bridgehead atoms. The fourth-order valence-corrected chi connectivity index (χ4v) is 0. The van der Waals surface area contributed by atoms with Gasteiger partial charge >= 0.3 is 35.7 Å². The Balaban J connectivity index is -0.00000000214. The third-order valence-electron chi connectivity index (χ3n) is 0. The Morgan fingerprint density at radius 3 is 0.727 bits per heavy atom. The molecule has 0 heterocycles. The van der Waals surface area contributed by atoms with Crippen LogP contribution in [0, 0.1) is 0 Å². The predicted octanol–water partition coefficient (Wildman–Crippen LogP) is -5.37. The second kappa shape index (κ2) is 89.1. The number of rotatable bonds is 0. The summed E-state index contributed by atoms with van der Waals surface area (Å²) >= 11 is 0. The van der Waals surface area contributed by atoms with Crippen molar-refractivity contribution in [1.82, 2.24) is 0 Å². The molecule has 0 spiro atoms. The normalized spacial score (nSPS) is 2.18. The van der Waals surface area contributed by atoms with Gasteiger partial charge in [0.1, 0.15) is 0 Å². The van der Waals surface area contributed by atoms with Crippen LogP contribution in [0.25, 0.3) is 0 Å². The molecule has 0 radical (unpaired) electrons. The SMILES string of the molecule is O.O.O.O.O.O.O=C(O)O.[NaH]. The van der Waals surface area contributed by atoms with Crippen LogP contribution in [0.3, 0.4) is 0 Å². The summed E-state index contributed by atoms with van der Waals surface area (Å²) in [6.07, 6.45) is -1.83. The zero-order chi connectivity index (χ0) is 3.58. The Morgan fingerprint density at radius 1 is 0.727 bits per heavy atom. The fourth-order valence-electron chi connectivity index (χ4n) is 0. The third-order valence-corrected chi connectivity index (χ3v) is 0. The molecule has 0 aliphatic rings. The molecule has 0 rings (SSSR count). The molecular formula is CH15NaO9. The molecule has 0 aliphatic carbocycles. The average molecular weight is 194 g/mol. The first-order valence-electron chi connectivity index (χ1n) is 0.651. The van der Waals surface area contributed by atoms with Gasteiger partial charge in [-0.25, -0.2) is 4.79 Å². The summed E-state index contributed by atoms with van der Waals surface area (Å²) in [6.45, 7) is 0. The van der Waals surface area contributed by atoms with Gasteiger partial charge in [0.05, 0.1) is 0 Å². The quantitative estimate of drug-likeness (QED) is 0.358. The van der Waals surface area contributed by atoms with Crippen LogP contribution in [0.2, 0.25) is 0 Å². The molecule has 11 heavy (non-hydrogen) atoms. The van der Waals surface area contributed by atoms with Crippen molar-refractivity contribution in [1.29, 1.82) is 0 Å². The van der Waals surface area contributed by atoms with E-state index in [1.165, 1.54) is 0 Å². The van der Waals surface area contributed by atoms with Gasteiger partial charge in [-0.05, 0) is 0 Å². The van der Waals surface area contributed by atoms with Crippen LogP contribution in [0.5, 0.6) is 0 Å². The van der Waals surface area contributed by atoms with E-state index in [1.807, 2.05) is 0 Å². The van der Waals surface area contributed by atoms with Crippen LogP contribution >= 0.6 is 0 Å². The molecule has 9 nitrogen and oxygen atoms in total. The van der Waals surface area contributed by atoms with Crippen molar-refractivity contribution in [3.8, 4) is 0 Å². The predicted molar refractivity (Wildman–Crippen MR) is 39.5 cm³/mol. The molecule has 0 fully saturated rings. The summed E-state index contributed by atoms with van der Waals surface area (Å²) < 4.78 is 0. The molecular weight excluding hydrogens is 179 g/mol. The van der Waals surface area contributed by atoms with Gasteiger partial charge in [0.15, 0.2) is 0 Å². The second-order valence-electron chi connectivity index (χ2n) is 0.283. The first-order valence-corrected chi connectivity index (χ1v) is 0.651. The number of hydrogen-bond acceptors (Lipinski definition) is 1. The van der Waals surface area contributed by atoms with E-state index in [0.717, 1.165) is 0 Å². The molecule has 0 unspecified atom stereocenters. The molecule has 0 saturated heterocycles. The van der Waals surface area contributed by atoms with Crippen LogP contribution in [0.4, 0.5) is 4.79 Å². The molecule has 14 N–H and O–H groups in total. The third kappa shape index (κ3) is 719000. The molecule has 0 aliphatic heterocycles. The summed E-state index contributed by atoms with van der Waals surface area (Å²) in [6, 6.07) is 0. The van der Waals surface area contributed by atoms with Gasteiger partial charge in [0.25, 0.3) is 0 Å². The minimum absolute atomic E-state index is 0. The van der Waals surface area contributed by atoms with E-state index in [1.54, 1.807) is 0 Å². The summed E-state index contributed by atoms with van der Waals surface area (Å²) in [5.74, 6) is 0. The van der Waals surface area contributed by atoms with E-state index in [2.05, 4.69) is 0 Å². The maximum absolute atomic E-state index is 8.56. The van der Waals surface area contributed by atoms with Crippen molar-refractivity contribution in [2.24, 2.45) is 0 Å². The van der Waals surface area contributed by atoms with Crippen molar-refractivity contribution >= 4 is 35.7 Å². The van der Waals surface area contributed by atoms with Gasteiger partial charge < -0.3 is 43.1 Å². The van der Waals surface area contributed by atoms with Crippen LogP contribution in [0.1, 0.15) is 0 Å². The topological polar surface area (TPSA) is 247 Å². The Hall–Kier alpha value is 0.0300. The van der Waals surface area contributed by atoms with Crippen LogP contribution in [-0.2, 0) is 0 Å². The average Bonchev–Trinajstić information content (AvgIpc) is 0.811. The molecule has 0 saturated carbocycles. The number of carbonyl (C=O) groups is 1. The second-order valence-corrected chi connectivity index (χ2v) is 0.283. The van der Waals surface area contributed by atoms with Gasteiger partial charge in [-0.15, -0.1) is 0 Å². The number of carboxylic acid groups (broad SMARTS) is 2. The molecule has 10 heteroatoms.